The predicted molar refractivity (Wildman–Crippen MR) is 220 cm³/mol. The molecule has 3 aromatic heterocycles. The summed E-state index contributed by atoms with van der Waals surface area (Å²) in [5, 5.41) is 16.4. The van der Waals surface area contributed by atoms with E-state index in [4.69, 9.17) is 9.26 Å². The summed E-state index contributed by atoms with van der Waals surface area (Å²) < 4.78 is 12.8. The van der Waals surface area contributed by atoms with Crippen molar-refractivity contribution in [3.8, 4) is 17.0 Å². The molecule has 17 nitrogen and oxygen atoms in total. The average molecular weight is 819 g/mol. The minimum Gasteiger partial charge on any atom is -0.481 e. The smallest absolute Gasteiger partial charge is 0.292 e. The third-order valence-electron chi connectivity index (χ3n) is 10.7. The van der Waals surface area contributed by atoms with E-state index in [1.807, 2.05) is 75.4 Å². The Bertz CT molecular complexity index is 2420. The number of aromatic nitrogens is 5. The summed E-state index contributed by atoms with van der Waals surface area (Å²) in [5.74, 6) is -0.625. The first-order valence-electron chi connectivity index (χ1n) is 20.0. The SMILES string of the molecule is Cc1cc(-c2ncnn3cc(N4CCN(C(=O)CC(C)(C)CNC(=O)c5ccc(OC6CCC(=O)NC6=O)cc5)CC4)cc23)ccc1CNC(=O)c1noc(C(C)(C)C)n1. The number of benzene rings is 2. The second-order valence-electron chi connectivity index (χ2n) is 17.1. The lowest BCUT2D eigenvalue weighted by Crippen LogP contribution is -2.50. The van der Waals surface area contributed by atoms with Crippen molar-refractivity contribution in [3.63, 3.8) is 0 Å². The molecule has 5 heterocycles. The van der Waals surface area contributed by atoms with Crippen LogP contribution in [0, 0.1) is 12.3 Å². The minimum atomic E-state index is -0.759. The molecule has 2 saturated heterocycles. The van der Waals surface area contributed by atoms with E-state index in [0.717, 1.165) is 33.6 Å². The fourth-order valence-electron chi connectivity index (χ4n) is 7.08. The summed E-state index contributed by atoms with van der Waals surface area (Å²) in [5.41, 5.74) is 5.00. The zero-order chi connectivity index (χ0) is 42.8. The van der Waals surface area contributed by atoms with E-state index in [1.165, 1.54) is 6.33 Å². The van der Waals surface area contributed by atoms with E-state index in [2.05, 4.69) is 47.1 Å². The maximum Gasteiger partial charge on any atom is 0.292 e. The maximum atomic E-state index is 13.5. The Labute approximate surface area is 347 Å². The normalized spacial score (nSPS) is 16.1. The highest BCUT2D eigenvalue weighted by atomic mass is 16.5. The number of hydrogen-bond donors (Lipinski definition) is 3. The van der Waals surface area contributed by atoms with E-state index in [-0.39, 0.29) is 41.8 Å². The summed E-state index contributed by atoms with van der Waals surface area (Å²) in [6.45, 7) is 14.7. The van der Waals surface area contributed by atoms with Gasteiger partial charge in [-0.25, -0.2) is 9.50 Å². The zero-order valence-corrected chi connectivity index (χ0v) is 34.7. The second kappa shape index (κ2) is 16.9. The first-order valence-corrected chi connectivity index (χ1v) is 20.0. The van der Waals surface area contributed by atoms with Gasteiger partial charge < -0.3 is 29.7 Å². The second-order valence-corrected chi connectivity index (χ2v) is 17.1. The molecular weight excluding hydrogens is 769 g/mol. The molecule has 1 unspecified atom stereocenters. The summed E-state index contributed by atoms with van der Waals surface area (Å²) in [7, 11) is 0. The molecule has 0 aliphatic carbocycles. The Balaban J connectivity index is 0.894. The standard InChI is InChI=1S/C43H50N10O7/c1-26-19-28(7-8-29(26)22-44-40(58)37-49-41(60-50-37)42(2,3)4)36-32-20-30(23-53(32)47-25-46-36)51-15-17-52(18-16-51)35(55)21-43(5,6)24-45-38(56)27-9-11-31(12-10-27)59-33-13-14-34(54)48-39(33)57/h7-12,19-20,23,25,33H,13-18,21-22,24H2,1-6H3,(H,44,58)(H,45,56)(H,48,54,57). The van der Waals surface area contributed by atoms with E-state index in [0.29, 0.717) is 62.9 Å². The Hall–Kier alpha value is -6.65. The van der Waals surface area contributed by atoms with Crippen LogP contribution in [0.4, 0.5) is 5.69 Å². The van der Waals surface area contributed by atoms with Gasteiger partial charge in [0.05, 0.1) is 23.1 Å². The number of carbonyl (C=O) groups excluding carboxylic acids is 5. The highest BCUT2D eigenvalue weighted by molar-refractivity contribution is 6.00. The van der Waals surface area contributed by atoms with Crippen LogP contribution < -0.4 is 25.6 Å². The van der Waals surface area contributed by atoms with Crippen LogP contribution in [0.25, 0.3) is 16.8 Å². The minimum absolute atomic E-state index is 0.000633. The van der Waals surface area contributed by atoms with Gasteiger partial charge in [0, 0.05) is 75.1 Å². The number of hydrogen-bond acceptors (Lipinski definition) is 12. The van der Waals surface area contributed by atoms with Gasteiger partial charge in [0.25, 0.3) is 23.5 Å². The molecule has 17 heteroatoms. The van der Waals surface area contributed by atoms with E-state index < -0.39 is 23.3 Å². The number of piperidine rings is 1. The molecule has 1 atom stereocenters. The van der Waals surface area contributed by atoms with Crippen LogP contribution >= 0.6 is 0 Å². The van der Waals surface area contributed by atoms with Crippen molar-refractivity contribution in [1.82, 2.24) is 45.6 Å². The third-order valence-corrected chi connectivity index (χ3v) is 10.7. The lowest BCUT2D eigenvalue weighted by atomic mass is 9.88. The molecule has 3 N–H and O–H groups in total. The molecule has 60 heavy (non-hydrogen) atoms. The van der Waals surface area contributed by atoms with E-state index in [1.54, 1.807) is 24.3 Å². The van der Waals surface area contributed by atoms with Crippen LogP contribution in [0.3, 0.4) is 0 Å². The van der Waals surface area contributed by atoms with Crippen molar-refractivity contribution >= 4 is 40.7 Å². The van der Waals surface area contributed by atoms with E-state index in [9.17, 15) is 24.0 Å². The molecule has 2 aliphatic rings. The van der Waals surface area contributed by atoms with Gasteiger partial charge in [-0.1, -0.05) is 51.9 Å². The fraction of sp³-hybridized carbons (Fsp3) is 0.419. The van der Waals surface area contributed by atoms with Crippen molar-refractivity contribution in [2.24, 2.45) is 5.41 Å². The summed E-state index contributed by atoms with van der Waals surface area (Å²) in [6, 6.07) is 14.5. The predicted octanol–water partition coefficient (Wildman–Crippen LogP) is 3.99. The molecule has 2 fully saturated rings. The number of piperazine rings is 1. The van der Waals surface area contributed by atoms with Crippen molar-refractivity contribution < 1.29 is 33.2 Å². The molecule has 0 radical (unpaired) electrons. The number of ether oxygens (including phenoxy) is 1. The third kappa shape index (κ3) is 9.62. The molecule has 2 aliphatic heterocycles. The molecule has 314 valence electrons. The van der Waals surface area contributed by atoms with Crippen LogP contribution in [-0.2, 0) is 26.3 Å². The van der Waals surface area contributed by atoms with Gasteiger partial charge in [-0.05, 0) is 59.9 Å². The maximum absolute atomic E-state index is 13.5. The van der Waals surface area contributed by atoms with Gasteiger partial charge in [0.2, 0.25) is 17.7 Å². The number of anilines is 1. The topological polar surface area (TPSA) is 206 Å². The number of nitrogens with one attached hydrogen (secondary N) is 3. The van der Waals surface area contributed by atoms with Crippen molar-refractivity contribution in [1.29, 1.82) is 0 Å². The Morgan fingerprint density at radius 1 is 0.950 bits per heavy atom. The molecule has 0 spiro atoms. The van der Waals surface area contributed by atoms with Gasteiger partial charge in [-0.2, -0.15) is 10.1 Å². The first kappa shape index (κ1) is 41.5. The van der Waals surface area contributed by atoms with Crippen LogP contribution in [0.5, 0.6) is 5.75 Å². The van der Waals surface area contributed by atoms with Gasteiger partial charge in [0.15, 0.2) is 6.10 Å². The number of nitrogens with zero attached hydrogens (tertiary/aromatic N) is 7. The quantitative estimate of drug-likeness (QED) is 0.153. The number of aryl methyl sites for hydroxylation is 1. The molecule has 0 saturated carbocycles. The largest absolute Gasteiger partial charge is 0.481 e. The van der Waals surface area contributed by atoms with E-state index >= 15 is 0 Å². The van der Waals surface area contributed by atoms with Gasteiger partial charge in [0.1, 0.15) is 12.1 Å². The summed E-state index contributed by atoms with van der Waals surface area (Å²) in [6.07, 6.45) is 3.52. The van der Waals surface area contributed by atoms with Crippen LogP contribution in [0.2, 0.25) is 0 Å². The Morgan fingerprint density at radius 2 is 1.70 bits per heavy atom. The van der Waals surface area contributed by atoms with Gasteiger partial charge in [-0.15, -0.1) is 0 Å². The average Bonchev–Trinajstić information content (AvgIpc) is 3.90. The number of carbonyl (C=O) groups is 5. The van der Waals surface area contributed by atoms with Gasteiger partial charge >= 0.3 is 0 Å². The lowest BCUT2D eigenvalue weighted by molar-refractivity contribution is -0.139. The van der Waals surface area contributed by atoms with Crippen molar-refractivity contribution in [3.05, 3.63) is 89.5 Å². The van der Waals surface area contributed by atoms with Gasteiger partial charge in [-0.3, -0.25) is 29.3 Å². The molecule has 7 rings (SSSR count). The lowest BCUT2D eigenvalue weighted by Gasteiger charge is -2.37. The molecule has 5 aromatic rings. The number of fused-ring (bicyclic) bond motifs is 1. The zero-order valence-electron chi connectivity index (χ0n) is 34.7. The first-order chi connectivity index (χ1) is 28.5. The molecule has 0 bridgehead atoms. The number of amides is 5. The molecule has 2 aromatic carbocycles. The molecular formula is C43H50N10O7. The highest BCUT2D eigenvalue weighted by Gasteiger charge is 2.30. The summed E-state index contributed by atoms with van der Waals surface area (Å²) in [4.78, 5) is 75.5. The van der Waals surface area contributed by atoms with Crippen LogP contribution in [0.15, 0.2) is 65.6 Å². The van der Waals surface area contributed by atoms with Crippen LogP contribution in [0.1, 0.15) is 91.9 Å². The number of rotatable bonds is 12. The fourth-order valence-corrected chi connectivity index (χ4v) is 7.08. The van der Waals surface area contributed by atoms with Crippen molar-refractivity contribution in [2.75, 3.05) is 37.6 Å². The number of imide groups is 1. The molecule has 5 amide bonds. The Kier molecular flexibility index (Phi) is 11.7. The van der Waals surface area contributed by atoms with Crippen molar-refractivity contribution in [2.45, 2.75) is 78.9 Å². The Morgan fingerprint density at radius 3 is 2.38 bits per heavy atom. The highest BCUT2D eigenvalue weighted by Crippen LogP contribution is 2.30. The summed E-state index contributed by atoms with van der Waals surface area (Å²) >= 11 is 0. The monoisotopic (exact) mass is 818 g/mol. The van der Waals surface area contributed by atoms with Crippen LogP contribution in [-0.4, -0.2) is 98.0 Å².